The van der Waals surface area contributed by atoms with Crippen LogP contribution < -0.4 is 0 Å². The summed E-state index contributed by atoms with van der Waals surface area (Å²) in [7, 11) is 0. The van der Waals surface area contributed by atoms with Crippen molar-refractivity contribution in [1.29, 1.82) is 0 Å². The SMILES string of the molecule is OC1CCC2CCCC=C2O1. The minimum absolute atomic E-state index is 0.532. The van der Waals surface area contributed by atoms with Gasteiger partial charge in [0, 0.05) is 12.3 Å². The predicted molar refractivity (Wildman–Crippen MR) is 41.7 cm³/mol. The average molecular weight is 154 g/mol. The first-order valence-electron chi connectivity index (χ1n) is 4.41. The second kappa shape index (κ2) is 2.86. The van der Waals surface area contributed by atoms with Crippen LogP contribution in [0.3, 0.4) is 0 Å². The normalized spacial score (nSPS) is 37.0. The molecule has 62 valence electrons. The molecular formula is C9H14O2. The first kappa shape index (κ1) is 7.17. The molecule has 0 bridgehead atoms. The Morgan fingerprint density at radius 2 is 2.27 bits per heavy atom. The van der Waals surface area contributed by atoms with Gasteiger partial charge >= 0.3 is 0 Å². The highest BCUT2D eigenvalue weighted by molar-refractivity contribution is 5.04. The van der Waals surface area contributed by atoms with Crippen LogP contribution in [0.5, 0.6) is 0 Å². The van der Waals surface area contributed by atoms with Gasteiger partial charge in [0.1, 0.15) is 0 Å². The summed E-state index contributed by atoms with van der Waals surface area (Å²) in [6.07, 6.45) is 7.17. The van der Waals surface area contributed by atoms with E-state index in [-0.39, 0.29) is 0 Å². The van der Waals surface area contributed by atoms with Crippen LogP contribution in [-0.4, -0.2) is 11.4 Å². The lowest BCUT2D eigenvalue weighted by Gasteiger charge is -2.31. The zero-order valence-corrected chi connectivity index (χ0v) is 6.62. The largest absolute Gasteiger partial charge is 0.470 e. The second-order valence-electron chi connectivity index (χ2n) is 3.38. The molecule has 1 N–H and O–H groups in total. The Balaban J connectivity index is 2.07. The van der Waals surface area contributed by atoms with E-state index in [1.807, 2.05) is 0 Å². The molecule has 1 saturated heterocycles. The molecule has 0 aromatic heterocycles. The number of rotatable bonds is 0. The maximum atomic E-state index is 9.19. The van der Waals surface area contributed by atoms with Crippen LogP contribution in [0.2, 0.25) is 0 Å². The zero-order valence-electron chi connectivity index (χ0n) is 6.62. The van der Waals surface area contributed by atoms with E-state index in [0.29, 0.717) is 5.92 Å². The Labute approximate surface area is 66.9 Å². The minimum atomic E-state index is -0.532. The standard InChI is InChI=1S/C9H14O2/c10-9-6-5-7-3-1-2-4-8(7)11-9/h4,7,9-10H,1-3,5-6H2. The molecule has 11 heavy (non-hydrogen) atoms. The van der Waals surface area contributed by atoms with Gasteiger partial charge in [-0.1, -0.05) is 0 Å². The van der Waals surface area contributed by atoms with Crippen molar-refractivity contribution in [2.75, 3.05) is 0 Å². The number of hydrogen-bond acceptors (Lipinski definition) is 2. The van der Waals surface area contributed by atoms with Crippen molar-refractivity contribution in [3.63, 3.8) is 0 Å². The third kappa shape index (κ3) is 1.41. The molecule has 1 aliphatic carbocycles. The maximum Gasteiger partial charge on any atom is 0.196 e. The predicted octanol–water partition coefficient (Wildman–Crippen LogP) is 1.80. The van der Waals surface area contributed by atoms with Crippen LogP contribution in [-0.2, 0) is 4.74 Å². The van der Waals surface area contributed by atoms with Crippen LogP contribution in [0.15, 0.2) is 11.8 Å². The van der Waals surface area contributed by atoms with Crippen molar-refractivity contribution in [1.82, 2.24) is 0 Å². The van der Waals surface area contributed by atoms with Crippen molar-refractivity contribution in [2.45, 2.75) is 38.4 Å². The topological polar surface area (TPSA) is 29.5 Å². The van der Waals surface area contributed by atoms with Gasteiger partial charge in [-0.15, -0.1) is 0 Å². The number of hydrogen-bond donors (Lipinski definition) is 1. The Kier molecular flexibility index (Phi) is 1.86. The molecule has 0 saturated carbocycles. The van der Waals surface area contributed by atoms with Crippen LogP contribution in [0.25, 0.3) is 0 Å². The third-order valence-electron chi connectivity index (χ3n) is 2.54. The van der Waals surface area contributed by atoms with Crippen molar-refractivity contribution in [2.24, 2.45) is 5.92 Å². The molecule has 2 rings (SSSR count). The quantitative estimate of drug-likeness (QED) is 0.576. The Hall–Kier alpha value is -0.500. The van der Waals surface area contributed by atoms with Gasteiger partial charge in [0.25, 0.3) is 0 Å². The smallest absolute Gasteiger partial charge is 0.196 e. The number of allylic oxidation sites excluding steroid dienone is 2. The Morgan fingerprint density at radius 3 is 3.18 bits per heavy atom. The van der Waals surface area contributed by atoms with E-state index in [1.54, 1.807) is 0 Å². The summed E-state index contributed by atoms with van der Waals surface area (Å²) in [6, 6.07) is 0. The number of aliphatic hydroxyl groups is 1. The van der Waals surface area contributed by atoms with E-state index in [9.17, 15) is 5.11 Å². The number of ether oxygens (including phenoxy) is 1. The second-order valence-corrected chi connectivity index (χ2v) is 3.38. The van der Waals surface area contributed by atoms with Gasteiger partial charge in [-0.25, -0.2) is 0 Å². The fraction of sp³-hybridized carbons (Fsp3) is 0.778. The van der Waals surface area contributed by atoms with Crippen LogP contribution in [0.4, 0.5) is 0 Å². The van der Waals surface area contributed by atoms with Crippen LogP contribution in [0, 0.1) is 5.92 Å². The van der Waals surface area contributed by atoms with E-state index in [4.69, 9.17) is 4.74 Å². The fourth-order valence-electron chi connectivity index (χ4n) is 1.91. The van der Waals surface area contributed by atoms with E-state index in [0.717, 1.165) is 25.0 Å². The molecule has 0 aromatic rings. The summed E-state index contributed by atoms with van der Waals surface area (Å²) in [5.41, 5.74) is 0. The number of aliphatic hydroxyl groups excluding tert-OH is 1. The Bertz CT molecular complexity index is 174. The lowest BCUT2D eigenvalue weighted by Crippen LogP contribution is -2.25. The van der Waals surface area contributed by atoms with Crippen LogP contribution in [0.1, 0.15) is 32.1 Å². The van der Waals surface area contributed by atoms with Crippen molar-refractivity contribution in [3.05, 3.63) is 11.8 Å². The van der Waals surface area contributed by atoms with E-state index < -0.39 is 6.29 Å². The molecule has 0 amide bonds. The lowest BCUT2D eigenvalue weighted by atomic mass is 9.88. The van der Waals surface area contributed by atoms with Gasteiger partial charge in [0.2, 0.25) is 0 Å². The van der Waals surface area contributed by atoms with Gasteiger partial charge in [-0.2, -0.15) is 0 Å². The van der Waals surface area contributed by atoms with Gasteiger partial charge in [-0.3, -0.25) is 0 Å². The highest BCUT2D eigenvalue weighted by Crippen LogP contribution is 2.34. The highest BCUT2D eigenvalue weighted by Gasteiger charge is 2.26. The van der Waals surface area contributed by atoms with E-state index in [1.165, 1.54) is 12.8 Å². The monoisotopic (exact) mass is 154 g/mol. The van der Waals surface area contributed by atoms with Crippen molar-refractivity contribution >= 4 is 0 Å². The summed E-state index contributed by atoms with van der Waals surface area (Å²) in [4.78, 5) is 0. The summed E-state index contributed by atoms with van der Waals surface area (Å²) >= 11 is 0. The highest BCUT2D eigenvalue weighted by atomic mass is 16.6. The van der Waals surface area contributed by atoms with Crippen molar-refractivity contribution < 1.29 is 9.84 Å². The molecule has 2 atom stereocenters. The van der Waals surface area contributed by atoms with Crippen LogP contribution >= 0.6 is 0 Å². The zero-order chi connectivity index (χ0) is 7.68. The molecule has 2 aliphatic rings. The minimum Gasteiger partial charge on any atom is -0.470 e. The number of fused-ring (bicyclic) bond motifs is 1. The molecule has 1 heterocycles. The first-order valence-corrected chi connectivity index (χ1v) is 4.41. The maximum absolute atomic E-state index is 9.19. The fourth-order valence-corrected chi connectivity index (χ4v) is 1.91. The summed E-state index contributed by atoms with van der Waals surface area (Å²) in [5.74, 6) is 1.67. The molecule has 2 unspecified atom stereocenters. The van der Waals surface area contributed by atoms with Crippen molar-refractivity contribution in [3.8, 4) is 0 Å². The average Bonchev–Trinajstić information content (AvgIpc) is 2.04. The molecule has 1 fully saturated rings. The summed E-state index contributed by atoms with van der Waals surface area (Å²) in [6.45, 7) is 0. The van der Waals surface area contributed by atoms with Gasteiger partial charge in [-0.05, 0) is 31.8 Å². The van der Waals surface area contributed by atoms with Gasteiger partial charge < -0.3 is 9.84 Å². The molecule has 2 nitrogen and oxygen atoms in total. The lowest BCUT2D eigenvalue weighted by molar-refractivity contribution is -0.104. The summed E-state index contributed by atoms with van der Waals surface area (Å²) < 4.78 is 5.31. The first-order chi connectivity index (χ1) is 5.36. The van der Waals surface area contributed by atoms with E-state index >= 15 is 0 Å². The van der Waals surface area contributed by atoms with Gasteiger partial charge in [0.05, 0.1) is 5.76 Å². The Morgan fingerprint density at radius 1 is 1.36 bits per heavy atom. The molecule has 1 aliphatic heterocycles. The third-order valence-corrected chi connectivity index (χ3v) is 2.54. The van der Waals surface area contributed by atoms with Gasteiger partial charge in [0.15, 0.2) is 6.29 Å². The molecule has 0 aromatic carbocycles. The molecular weight excluding hydrogens is 140 g/mol. The summed E-state index contributed by atoms with van der Waals surface area (Å²) in [5, 5.41) is 9.19. The van der Waals surface area contributed by atoms with E-state index in [2.05, 4.69) is 6.08 Å². The molecule has 2 heteroatoms. The molecule has 0 spiro atoms. The molecule has 0 radical (unpaired) electrons.